The first-order valence-corrected chi connectivity index (χ1v) is 8.77. The molecule has 0 saturated heterocycles. The number of aromatic amines is 1. The summed E-state index contributed by atoms with van der Waals surface area (Å²) in [6.07, 6.45) is 0.666. The SMILES string of the molecule is CN(CC1CCc2nc(C(F)(F)F)cn2C1)C(=O)c1n[nH]c2c1CCC2. The minimum absolute atomic E-state index is 0.0960. The molecule has 6 nitrogen and oxygen atoms in total. The highest BCUT2D eigenvalue weighted by atomic mass is 19.4. The van der Waals surface area contributed by atoms with E-state index < -0.39 is 11.9 Å². The number of aryl methyl sites for hydroxylation is 2. The summed E-state index contributed by atoms with van der Waals surface area (Å²) in [5, 5.41) is 7.10. The number of halogens is 3. The van der Waals surface area contributed by atoms with Crippen molar-refractivity contribution in [2.45, 2.75) is 44.8 Å². The first-order valence-electron chi connectivity index (χ1n) is 8.77. The molecule has 1 aliphatic heterocycles. The smallest absolute Gasteiger partial charge is 0.340 e. The van der Waals surface area contributed by atoms with Crippen LogP contribution in [-0.4, -0.2) is 44.1 Å². The number of aromatic nitrogens is 4. The fourth-order valence-corrected chi connectivity index (χ4v) is 3.95. The molecule has 0 bridgehead atoms. The molecule has 0 aromatic carbocycles. The summed E-state index contributed by atoms with van der Waals surface area (Å²) < 4.78 is 40.0. The Kier molecular flexibility index (Phi) is 4.04. The maximum absolute atomic E-state index is 12.8. The van der Waals surface area contributed by atoms with Gasteiger partial charge >= 0.3 is 6.18 Å². The highest BCUT2D eigenvalue weighted by Gasteiger charge is 2.36. The summed E-state index contributed by atoms with van der Waals surface area (Å²) in [5.74, 6) is 0.434. The molecule has 3 heterocycles. The van der Waals surface area contributed by atoms with Crippen molar-refractivity contribution < 1.29 is 18.0 Å². The summed E-state index contributed by atoms with van der Waals surface area (Å²) in [4.78, 5) is 18.0. The molecule has 0 radical (unpaired) electrons. The van der Waals surface area contributed by atoms with Crippen LogP contribution in [0, 0.1) is 5.92 Å². The van der Waals surface area contributed by atoms with Crippen molar-refractivity contribution in [3.63, 3.8) is 0 Å². The number of H-pyrrole nitrogens is 1. The van der Waals surface area contributed by atoms with Crippen molar-refractivity contribution in [1.29, 1.82) is 0 Å². The van der Waals surface area contributed by atoms with E-state index in [2.05, 4.69) is 15.2 Å². The van der Waals surface area contributed by atoms with E-state index in [4.69, 9.17) is 0 Å². The van der Waals surface area contributed by atoms with Crippen LogP contribution >= 0.6 is 0 Å². The molecule has 0 saturated carbocycles. The Morgan fingerprint density at radius 3 is 2.96 bits per heavy atom. The molecular weight excluding hydrogens is 347 g/mol. The van der Waals surface area contributed by atoms with Gasteiger partial charge in [0.1, 0.15) is 5.82 Å². The normalized spacial score (nSPS) is 19.3. The third kappa shape index (κ3) is 2.99. The lowest BCUT2D eigenvalue weighted by molar-refractivity contribution is -0.141. The van der Waals surface area contributed by atoms with Gasteiger partial charge in [-0.05, 0) is 31.6 Å². The zero-order chi connectivity index (χ0) is 18.5. The van der Waals surface area contributed by atoms with Crippen LogP contribution in [0.25, 0.3) is 0 Å². The highest BCUT2D eigenvalue weighted by Crippen LogP contribution is 2.31. The van der Waals surface area contributed by atoms with Crippen molar-refractivity contribution in [3.05, 3.63) is 34.7 Å². The fraction of sp³-hybridized carbons (Fsp3) is 0.588. The number of carbonyl (C=O) groups is 1. The van der Waals surface area contributed by atoms with E-state index in [1.807, 2.05) is 0 Å². The molecule has 2 aliphatic rings. The molecule has 140 valence electrons. The van der Waals surface area contributed by atoms with Crippen molar-refractivity contribution in [1.82, 2.24) is 24.6 Å². The Hall–Kier alpha value is -2.32. The number of rotatable bonds is 3. The Bertz CT molecular complexity index is 838. The second-order valence-corrected chi connectivity index (χ2v) is 7.17. The van der Waals surface area contributed by atoms with Gasteiger partial charge in [0.2, 0.25) is 0 Å². The Labute approximate surface area is 148 Å². The average molecular weight is 367 g/mol. The molecule has 1 N–H and O–H groups in total. The van der Waals surface area contributed by atoms with Gasteiger partial charge in [-0.2, -0.15) is 18.3 Å². The van der Waals surface area contributed by atoms with Crippen LogP contribution < -0.4 is 0 Å². The lowest BCUT2D eigenvalue weighted by atomic mass is 9.98. The van der Waals surface area contributed by atoms with E-state index in [1.54, 1.807) is 16.5 Å². The van der Waals surface area contributed by atoms with Gasteiger partial charge in [0.05, 0.1) is 0 Å². The number of alkyl halides is 3. The number of imidazole rings is 1. The number of hydrogen-bond acceptors (Lipinski definition) is 3. The Morgan fingerprint density at radius 2 is 2.19 bits per heavy atom. The first kappa shape index (κ1) is 17.1. The van der Waals surface area contributed by atoms with Crippen molar-refractivity contribution in [2.75, 3.05) is 13.6 Å². The molecule has 0 fully saturated rings. The Morgan fingerprint density at radius 1 is 1.38 bits per heavy atom. The summed E-state index contributed by atoms with van der Waals surface area (Å²) in [6.45, 7) is 0.925. The van der Waals surface area contributed by atoms with Gasteiger partial charge in [-0.3, -0.25) is 9.89 Å². The predicted octanol–water partition coefficient (Wildman–Crippen LogP) is 2.45. The van der Waals surface area contributed by atoms with E-state index in [1.165, 1.54) is 0 Å². The third-order valence-corrected chi connectivity index (χ3v) is 5.27. The summed E-state index contributed by atoms with van der Waals surface area (Å²) in [6, 6.07) is 0. The second-order valence-electron chi connectivity index (χ2n) is 7.17. The maximum atomic E-state index is 12.8. The zero-order valence-corrected chi connectivity index (χ0v) is 14.4. The monoisotopic (exact) mass is 367 g/mol. The average Bonchev–Trinajstić information content (AvgIpc) is 3.27. The van der Waals surface area contributed by atoms with Crippen LogP contribution in [0.2, 0.25) is 0 Å². The molecule has 2 aromatic rings. The largest absolute Gasteiger partial charge is 0.434 e. The van der Waals surface area contributed by atoms with Crippen LogP contribution in [0.3, 0.4) is 0 Å². The van der Waals surface area contributed by atoms with Gasteiger partial charge in [-0.15, -0.1) is 0 Å². The molecule has 1 amide bonds. The first-order chi connectivity index (χ1) is 12.3. The number of nitrogens with one attached hydrogen (secondary N) is 1. The van der Waals surface area contributed by atoms with Crippen molar-refractivity contribution in [2.24, 2.45) is 5.92 Å². The fourth-order valence-electron chi connectivity index (χ4n) is 3.95. The predicted molar refractivity (Wildman–Crippen MR) is 86.6 cm³/mol. The lowest BCUT2D eigenvalue weighted by Crippen LogP contribution is -2.35. The molecule has 2 aromatic heterocycles. The van der Waals surface area contributed by atoms with Gasteiger partial charge in [0.15, 0.2) is 11.4 Å². The van der Waals surface area contributed by atoms with Crippen molar-refractivity contribution >= 4 is 5.91 Å². The molecule has 1 unspecified atom stereocenters. The molecule has 1 aliphatic carbocycles. The zero-order valence-electron chi connectivity index (χ0n) is 14.4. The topological polar surface area (TPSA) is 66.8 Å². The van der Waals surface area contributed by atoms with Crippen molar-refractivity contribution in [3.8, 4) is 0 Å². The summed E-state index contributed by atoms with van der Waals surface area (Å²) in [5.41, 5.74) is 1.70. The number of carbonyl (C=O) groups excluding carboxylic acids is 1. The molecule has 0 spiro atoms. The number of fused-ring (bicyclic) bond motifs is 2. The lowest BCUT2D eigenvalue weighted by Gasteiger charge is -2.28. The standard InChI is InChI=1S/C17H20F3N5O/c1-24(16(26)15-11-3-2-4-12(11)22-23-15)7-10-5-6-14-21-13(17(18,19)20)9-25(14)8-10/h9-10H,2-8H2,1H3,(H,22,23). The minimum Gasteiger partial charge on any atom is -0.340 e. The highest BCUT2D eigenvalue weighted by molar-refractivity contribution is 5.94. The van der Waals surface area contributed by atoms with Crippen LogP contribution in [0.15, 0.2) is 6.20 Å². The van der Waals surface area contributed by atoms with Crippen LogP contribution in [0.4, 0.5) is 13.2 Å². The van der Waals surface area contributed by atoms with Gasteiger partial charge < -0.3 is 9.47 Å². The third-order valence-electron chi connectivity index (χ3n) is 5.27. The maximum Gasteiger partial charge on any atom is 0.434 e. The molecule has 4 rings (SSSR count). The van der Waals surface area contributed by atoms with Gasteiger partial charge in [-0.25, -0.2) is 4.98 Å². The van der Waals surface area contributed by atoms with Crippen LogP contribution in [0.5, 0.6) is 0 Å². The van der Waals surface area contributed by atoms with E-state index in [0.29, 0.717) is 37.4 Å². The number of nitrogens with zero attached hydrogens (tertiary/aromatic N) is 4. The van der Waals surface area contributed by atoms with E-state index in [0.717, 1.165) is 36.7 Å². The van der Waals surface area contributed by atoms with Gasteiger partial charge in [0, 0.05) is 44.0 Å². The number of amides is 1. The molecular formula is C17H20F3N5O. The summed E-state index contributed by atoms with van der Waals surface area (Å²) >= 11 is 0. The Balaban J connectivity index is 1.43. The van der Waals surface area contributed by atoms with Gasteiger partial charge in [-0.1, -0.05) is 0 Å². The van der Waals surface area contributed by atoms with E-state index in [-0.39, 0.29) is 11.8 Å². The molecule has 26 heavy (non-hydrogen) atoms. The second kappa shape index (κ2) is 6.14. The minimum atomic E-state index is -4.42. The van der Waals surface area contributed by atoms with Crippen LogP contribution in [0.1, 0.15) is 46.1 Å². The number of hydrogen-bond donors (Lipinski definition) is 1. The van der Waals surface area contributed by atoms with Gasteiger partial charge in [0.25, 0.3) is 5.91 Å². The molecule has 1 atom stereocenters. The quantitative estimate of drug-likeness (QED) is 0.906. The van der Waals surface area contributed by atoms with E-state index in [9.17, 15) is 18.0 Å². The molecule has 9 heteroatoms. The van der Waals surface area contributed by atoms with Crippen LogP contribution in [-0.2, 0) is 32.0 Å². The van der Waals surface area contributed by atoms with E-state index >= 15 is 0 Å². The summed E-state index contributed by atoms with van der Waals surface area (Å²) in [7, 11) is 1.73.